The molecule has 0 spiro atoms. The second-order valence-corrected chi connectivity index (χ2v) is 15.4. The Balaban J connectivity index is 1.97. The maximum absolute atomic E-state index is 10.7. The molecule has 0 amide bonds. The van der Waals surface area contributed by atoms with Gasteiger partial charge in [-0.05, 0) is 45.1 Å². The minimum atomic E-state index is -2.75. The van der Waals surface area contributed by atoms with Crippen LogP contribution >= 0.6 is 0 Å². The highest BCUT2D eigenvalue weighted by Crippen LogP contribution is 2.37. The van der Waals surface area contributed by atoms with Crippen LogP contribution < -0.4 is 10.4 Å². The molecule has 0 aliphatic heterocycles. The molecule has 3 rings (SSSR count). The van der Waals surface area contributed by atoms with Crippen LogP contribution in [0.3, 0.4) is 0 Å². The van der Waals surface area contributed by atoms with Gasteiger partial charge in [0.25, 0.3) is 8.32 Å². The number of aliphatic hydroxyl groups is 3. The van der Waals surface area contributed by atoms with Crippen molar-refractivity contribution < 1.29 is 24.2 Å². The van der Waals surface area contributed by atoms with Gasteiger partial charge in [0.2, 0.25) is 0 Å². The molecule has 0 unspecified atom stereocenters. The van der Waals surface area contributed by atoms with Crippen molar-refractivity contribution in [3.05, 3.63) is 102 Å². The maximum atomic E-state index is 10.7. The molecule has 6 heteroatoms. The first-order valence-corrected chi connectivity index (χ1v) is 15.2. The van der Waals surface area contributed by atoms with Gasteiger partial charge >= 0.3 is 0 Å². The van der Waals surface area contributed by atoms with Crippen LogP contribution in [-0.2, 0) is 11.0 Å². The summed E-state index contributed by atoms with van der Waals surface area (Å²) >= 11 is 0. The van der Waals surface area contributed by atoms with Crippen LogP contribution in [0.2, 0.25) is 5.04 Å². The van der Waals surface area contributed by atoms with Gasteiger partial charge in [-0.2, -0.15) is 0 Å². The molecule has 1 heterocycles. The maximum Gasteiger partial charge on any atom is 0.261 e. The Morgan fingerprint density at radius 3 is 2.00 bits per heavy atom. The van der Waals surface area contributed by atoms with Gasteiger partial charge in [-0.15, -0.1) is 5.73 Å². The zero-order chi connectivity index (χ0) is 27.8. The van der Waals surface area contributed by atoms with E-state index in [1.54, 1.807) is 18.2 Å². The first kappa shape index (κ1) is 29.8. The van der Waals surface area contributed by atoms with E-state index in [1.165, 1.54) is 10.4 Å². The van der Waals surface area contributed by atoms with Crippen LogP contribution in [0.25, 0.3) is 0 Å². The average Bonchev–Trinajstić information content (AvgIpc) is 3.39. The van der Waals surface area contributed by atoms with Gasteiger partial charge < -0.3 is 24.2 Å². The molecule has 5 nitrogen and oxygen atoms in total. The summed E-state index contributed by atoms with van der Waals surface area (Å²) in [5, 5.41) is 32.7. The third kappa shape index (κ3) is 7.23. The molecule has 2 atom stereocenters. The molecule has 0 saturated heterocycles. The smallest absolute Gasteiger partial charge is 0.261 e. The first-order chi connectivity index (χ1) is 18.1. The van der Waals surface area contributed by atoms with Crippen molar-refractivity contribution in [2.24, 2.45) is 5.92 Å². The first-order valence-electron chi connectivity index (χ1n) is 13.3. The summed E-state index contributed by atoms with van der Waals surface area (Å²) < 4.78 is 12.5. The Kier molecular flexibility index (Phi) is 10.5. The molecule has 3 N–H and O–H groups in total. The molecule has 2 aromatic carbocycles. The topological polar surface area (TPSA) is 83.1 Å². The van der Waals surface area contributed by atoms with Gasteiger partial charge in [0.15, 0.2) is 0 Å². The summed E-state index contributed by atoms with van der Waals surface area (Å²) in [7, 11) is -2.75. The molecule has 0 aliphatic carbocycles. The molecule has 3 aromatic rings. The number of benzene rings is 2. The van der Waals surface area contributed by atoms with Gasteiger partial charge in [-0.25, -0.2) is 0 Å². The van der Waals surface area contributed by atoms with Crippen LogP contribution in [0.15, 0.2) is 94.6 Å². The summed E-state index contributed by atoms with van der Waals surface area (Å²) in [5.74, 6) is 0.905. The number of hydrogen-bond donors (Lipinski definition) is 3. The Morgan fingerprint density at radius 2 is 1.53 bits per heavy atom. The molecule has 0 saturated carbocycles. The fourth-order valence-corrected chi connectivity index (χ4v) is 9.24. The summed E-state index contributed by atoms with van der Waals surface area (Å²) in [6.45, 7) is 10.8. The van der Waals surface area contributed by atoms with Crippen molar-refractivity contribution in [1.29, 1.82) is 0 Å². The van der Waals surface area contributed by atoms with Crippen LogP contribution in [-0.4, -0.2) is 36.3 Å². The van der Waals surface area contributed by atoms with Crippen LogP contribution in [0.5, 0.6) is 0 Å². The van der Waals surface area contributed by atoms with Crippen molar-refractivity contribution >= 4 is 18.7 Å². The highest BCUT2D eigenvalue weighted by molar-refractivity contribution is 6.99. The Bertz CT molecular complexity index is 1150. The number of hydrogen-bond acceptors (Lipinski definition) is 5. The lowest BCUT2D eigenvalue weighted by Crippen LogP contribution is -2.66. The summed E-state index contributed by atoms with van der Waals surface area (Å²) in [6.07, 6.45) is 1.12. The minimum Gasteiger partial charge on any atom is -0.461 e. The van der Waals surface area contributed by atoms with E-state index in [9.17, 15) is 15.3 Å². The summed E-state index contributed by atoms with van der Waals surface area (Å²) in [5.41, 5.74) is 4.18. The third-order valence-corrected chi connectivity index (χ3v) is 11.9. The highest BCUT2D eigenvalue weighted by atomic mass is 28.4. The molecular weight excluding hydrogens is 492 g/mol. The molecule has 0 bridgehead atoms. The van der Waals surface area contributed by atoms with E-state index in [4.69, 9.17) is 8.84 Å². The Hall–Kier alpha value is -2.70. The van der Waals surface area contributed by atoms with E-state index >= 15 is 0 Å². The van der Waals surface area contributed by atoms with Crippen LogP contribution in [0.1, 0.15) is 65.1 Å². The fraction of sp³-hybridized carbons (Fsp3) is 0.406. The van der Waals surface area contributed by atoms with Crippen LogP contribution in [0, 0.1) is 5.92 Å². The lowest BCUT2D eigenvalue weighted by molar-refractivity contribution is 0.122. The monoisotopic (exact) mass is 534 g/mol. The normalized spacial score (nSPS) is 13.7. The van der Waals surface area contributed by atoms with Gasteiger partial charge in [0.05, 0.1) is 12.7 Å². The van der Waals surface area contributed by atoms with Gasteiger partial charge in [0, 0.05) is 12.8 Å². The molecule has 204 valence electrons. The van der Waals surface area contributed by atoms with Crippen molar-refractivity contribution in [1.82, 2.24) is 0 Å². The lowest BCUT2D eigenvalue weighted by atomic mass is 10.00. The van der Waals surface area contributed by atoms with E-state index < -0.39 is 20.5 Å². The molecule has 0 aliphatic rings. The summed E-state index contributed by atoms with van der Waals surface area (Å²) in [4.78, 5) is 0. The SMILES string of the molecule is CC(C)[C@H](O)CC(=C=CC[C@@H](O)c1ccc(CO)o1)CO[Si](c1ccccc1)(c1ccccc1)C(C)(C)C. The minimum absolute atomic E-state index is 0.0882. The van der Waals surface area contributed by atoms with E-state index in [0.717, 1.165) is 5.57 Å². The second-order valence-electron chi connectivity index (χ2n) is 11.1. The van der Waals surface area contributed by atoms with Gasteiger partial charge in [0.1, 0.15) is 24.2 Å². The molecule has 0 fully saturated rings. The number of furan rings is 1. The van der Waals surface area contributed by atoms with E-state index in [1.807, 2.05) is 26.0 Å². The average molecular weight is 535 g/mol. The number of aliphatic hydroxyl groups excluding tert-OH is 3. The van der Waals surface area contributed by atoms with E-state index in [-0.39, 0.29) is 17.6 Å². The second kappa shape index (κ2) is 13.4. The zero-order valence-electron chi connectivity index (χ0n) is 23.2. The summed E-state index contributed by atoms with van der Waals surface area (Å²) in [6, 6.07) is 24.3. The predicted octanol–water partition coefficient (Wildman–Crippen LogP) is 5.26. The zero-order valence-corrected chi connectivity index (χ0v) is 24.2. The quantitative estimate of drug-likeness (QED) is 0.218. The standard InChI is InChI=1S/C32H42O5Si/c1-24(2)30(35)21-25(13-12-18-29(34)31-20-19-26(22-33)37-31)23-36-38(32(3,4)5,27-14-8-6-9-15-27)28-16-10-7-11-17-28/h6-12,14-17,19-20,24,29-30,33-35H,18,21-23H2,1-5H3/t13?,29-,30-/m1/s1. The van der Waals surface area contributed by atoms with E-state index in [0.29, 0.717) is 31.0 Å². The van der Waals surface area contributed by atoms with Crippen molar-refractivity contribution in [3.63, 3.8) is 0 Å². The third-order valence-electron chi connectivity index (χ3n) is 6.92. The van der Waals surface area contributed by atoms with Crippen molar-refractivity contribution in [2.75, 3.05) is 6.61 Å². The Morgan fingerprint density at radius 1 is 0.947 bits per heavy atom. The highest BCUT2D eigenvalue weighted by Gasteiger charge is 2.50. The van der Waals surface area contributed by atoms with Gasteiger partial charge in [-0.1, -0.05) is 95.3 Å². The van der Waals surface area contributed by atoms with Crippen molar-refractivity contribution in [2.45, 2.75) is 71.3 Å². The molecule has 38 heavy (non-hydrogen) atoms. The predicted molar refractivity (Wildman–Crippen MR) is 155 cm³/mol. The van der Waals surface area contributed by atoms with Crippen molar-refractivity contribution in [3.8, 4) is 0 Å². The largest absolute Gasteiger partial charge is 0.461 e. The Labute approximate surface area is 228 Å². The lowest BCUT2D eigenvalue weighted by Gasteiger charge is -2.43. The molecule has 1 aromatic heterocycles. The fourth-order valence-electron chi connectivity index (χ4n) is 4.69. The van der Waals surface area contributed by atoms with Gasteiger partial charge in [-0.3, -0.25) is 0 Å². The van der Waals surface area contributed by atoms with E-state index in [2.05, 4.69) is 75.0 Å². The van der Waals surface area contributed by atoms with Crippen LogP contribution in [0.4, 0.5) is 0 Å². The molecule has 0 radical (unpaired) electrons. The number of rotatable bonds is 12. The molecular formula is C32H42O5Si.